The molecule has 170 valence electrons. The smallest absolute Gasteiger partial charge is 0.335 e. The van der Waals surface area contributed by atoms with Gasteiger partial charge in [0.15, 0.2) is 23.4 Å². The Bertz CT molecular complexity index is 1040. The molecule has 2 aromatic carbocycles. The first-order valence-electron chi connectivity index (χ1n) is 10.9. The van der Waals surface area contributed by atoms with E-state index in [4.69, 9.17) is 14.6 Å². The molecule has 0 radical (unpaired) electrons. The minimum absolute atomic E-state index is 0. The summed E-state index contributed by atoms with van der Waals surface area (Å²) in [7, 11) is 3.91. The van der Waals surface area contributed by atoms with Gasteiger partial charge in [0, 0.05) is 23.4 Å². The fourth-order valence-electron chi connectivity index (χ4n) is 6.25. The van der Waals surface area contributed by atoms with Gasteiger partial charge in [-0.05, 0) is 62.5 Å². The van der Waals surface area contributed by atoms with Crippen molar-refractivity contribution in [3.05, 3.63) is 59.2 Å². The molecule has 0 unspecified atom stereocenters. The van der Waals surface area contributed by atoms with Gasteiger partial charge < -0.3 is 19.5 Å². The second kappa shape index (κ2) is 8.41. The zero-order valence-electron chi connectivity index (χ0n) is 18.2. The third-order valence-electron chi connectivity index (χ3n) is 7.61. The van der Waals surface area contributed by atoms with E-state index in [0.717, 1.165) is 37.3 Å². The van der Waals surface area contributed by atoms with Crippen LogP contribution in [0, 0.1) is 5.92 Å². The lowest BCUT2D eigenvalue weighted by Crippen LogP contribution is -2.65. The Morgan fingerprint density at radius 3 is 2.62 bits per heavy atom. The van der Waals surface area contributed by atoms with Crippen LogP contribution < -0.4 is 9.47 Å². The maximum atomic E-state index is 12.6. The van der Waals surface area contributed by atoms with Crippen LogP contribution in [0.4, 0.5) is 0 Å². The van der Waals surface area contributed by atoms with E-state index in [1.165, 1.54) is 11.1 Å². The van der Waals surface area contributed by atoms with Crippen molar-refractivity contribution in [2.24, 2.45) is 5.92 Å². The van der Waals surface area contributed by atoms with Crippen molar-refractivity contribution in [3.8, 4) is 11.5 Å². The molecule has 2 aliphatic carbocycles. The number of likely N-dealkylation sites (tertiary alicyclic amines) is 1. The molecule has 4 atom stereocenters. The molecule has 6 nitrogen and oxygen atoms in total. The van der Waals surface area contributed by atoms with E-state index in [9.17, 15) is 9.59 Å². The average molecular weight is 458 g/mol. The highest BCUT2D eigenvalue weighted by atomic mass is 35.5. The summed E-state index contributed by atoms with van der Waals surface area (Å²) < 4.78 is 11.8. The van der Waals surface area contributed by atoms with E-state index >= 15 is 0 Å². The number of Topliss-reactive ketones (excluding diaryl/α,β-unsaturated/α-hetero) is 1. The number of hydrogen-bond acceptors (Lipinski definition) is 5. The second-order valence-corrected chi connectivity index (χ2v) is 8.95. The highest BCUT2D eigenvalue weighted by molar-refractivity contribution is 5.89. The quantitative estimate of drug-likeness (QED) is 0.740. The summed E-state index contributed by atoms with van der Waals surface area (Å²) in [4.78, 5) is 25.3. The fourth-order valence-corrected chi connectivity index (χ4v) is 6.25. The second-order valence-electron chi connectivity index (χ2n) is 8.95. The Morgan fingerprint density at radius 2 is 1.97 bits per heavy atom. The third kappa shape index (κ3) is 3.20. The van der Waals surface area contributed by atoms with Crippen LogP contribution >= 0.6 is 12.4 Å². The summed E-state index contributed by atoms with van der Waals surface area (Å²) >= 11 is 0. The van der Waals surface area contributed by atoms with Crippen LogP contribution in [-0.4, -0.2) is 54.6 Å². The number of benzene rings is 2. The third-order valence-corrected chi connectivity index (χ3v) is 7.61. The van der Waals surface area contributed by atoms with Gasteiger partial charge in [-0.1, -0.05) is 24.3 Å². The van der Waals surface area contributed by atoms with Gasteiger partial charge in [-0.3, -0.25) is 4.79 Å². The predicted molar refractivity (Wildman–Crippen MR) is 122 cm³/mol. The van der Waals surface area contributed by atoms with Crippen molar-refractivity contribution in [3.63, 3.8) is 0 Å². The van der Waals surface area contributed by atoms with Gasteiger partial charge in [0.1, 0.15) is 0 Å². The van der Waals surface area contributed by atoms with Crippen molar-refractivity contribution in [1.82, 2.24) is 4.90 Å². The summed E-state index contributed by atoms with van der Waals surface area (Å²) in [6.45, 7) is 1.05. The zero-order chi connectivity index (χ0) is 21.8. The Balaban J connectivity index is 0.000000209. The summed E-state index contributed by atoms with van der Waals surface area (Å²) in [5, 5.41) is 8.38. The van der Waals surface area contributed by atoms with E-state index in [0.29, 0.717) is 23.9 Å². The molecule has 1 saturated carbocycles. The molecule has 2 bridgehead atoms. The number of carboxylic acids is 1. The molecule has 2 aromatic rings. The molecule has 4 aliphatic rings. The maximum Gasteiger partial charge on any atom is 0.335 e. The van der Waals surface area contributed by atoms with Gasteiger partial charge >= 0.3 is 5.97 Å². The Kier molecular flexibility index (Phi) is 5.94. The minimum atomic E-state index is -0.879. The van der Waals surface area contributed by atoms with Crippen molar-refractivity contribution >= 4 is 24.2 Å². The van der Waals surface area contributed by atoms with Gasteiger partial charge in [-0.15, -0.1) is 12.4 Å². The minimum Gasteiger partial charge on any atom is -0.493 e. The lowest BCUT2D eigenvalue weighted by atomic mass is 9.52. The van der Waals surface area contributed by atoms with Crippen molar-refractivity contribution in [2.75, 3.05) is 20.7 Å². The van der Waals surface area contributed by atoms with Gasteiger partial charge in [0.05, 0.1) is 12.7 Å². The number of nitrogens with zero attached hydrogens (tertiary/aromatic N) is 1. The van der Waals surface area contributed by atoms with E-state index < -0.39 is 5.97 Å². The van der Waals surface area contributed by atoms with Crippen LogP contribution in [0.2, 0.25) is 0 Å². The Morgan fingerprint density at radius 1 is 1.22 bits per heavy atom. The molecule has 2 heterocycles. The number of methoxy groups -OCH3 is 1. The molecule has 0 aromatic heterocycles. The summed E-state index contributed by atoms with van der Waals surface area (Å²) in [6, 6.07) is 13.0. The Hall–Kier alpha value is -2.57. The maximum absolute atomic E-state index is 12.6. The highest BCUT2D eigenvalue weighted by Gasteiger charge is 2.65. The van der Waals surface area contributed by atoms with E-state index in [-0.39, 0.29) is 29.7 Å². The number of ether oxygens (including phenoxy) is 2. The van der Waals surface area contributed by atoms with Crippen molar-refractivity contribution in [2.45, 2.75) is 43.2 Å². The van der Waals surface area contributed by atoms with E-state index in [1.807, 2.05) is 6.07 Å². The molecular formula is C25H28ClNO5. The molecule has 1 saturated heterocycles. The summed E-state index contributed by atoms with van der Waals surface area (Å²) in [5.41, 5.74) is 2.90. The highest BCUT2D eigenvalue weighted by Crippen LogP contribution is 2.63. The van der Waals surface area contributed by atoms with E-state index in [1.54, 1.807) is 37.4 Å². The number of piperidine rings is 1. The largest absolute Gasteiger partial charge is 0.493 e. The molecule has 32 heavy (non-hydrogen) atoms. The standard InChI is InChI=1S/C18H21NO3.C7H6O2.ClH/c1-19-8-7-18-11-4-5-13(20)17(18)22-16-14(21-2)6-3-10(15(16)18)9-12(11)19;8-7(9)6-4-2-1-3-5-6;/h3,6,11-12,17H,4-5,7-9H2,1-2H3;1-5H,(H,8,9);1H/t11-,12+,17-,18-;;/m0../s1. The Labute approximate surface area is 193 Å². The molecule has 1 N–H and O–H groups in total. The molecule has 6 rings (SSSR count). The van der Waals surface area contributed by atoms with Crippen molar-refractivity contribution in [1.29, 1.82) is 0 Å². The number of carbonyl (C=O) groups excluding carboxylic acids is 1. The van der Waals surface area contributed by atoms with Crippen LogP contribution in [0.3, 0.4) is 0 Å². The normalized spacial score (nSPS) is 28.9. The number of carboxylic acid groups (broad SMARTS) is 1. The number of hydrogen-bond donors (Lipinski definition) is 1. The first kappa shape index (κ1) is 22.6. The first-order chi connectivity index (χ1) is 15.0. The molecule has 2 fully saturated rings. The fraction of sp³-hybridized carbons (Fsp3) is 0.440. The summed E-state index contributed by atoms with van der Waals surface area (Å²) in [6.07, 6.45) is 3.47. The van der Waals surface area contributed by atoms with Gasteiger partial charge in [0.25, 0.3) is 0 Å². The monoisotopic (exact) mass is 457 g/mol. The van der Waals surface area contributed by atoms with Gasteiger partial charge in [0.2, 0.25) is 0 Å². The van der Waals surface area contributed by atoms with Gasteiger partial charge in [-0.25, -0.2) is 4.79 Å². The predicted octanol–water partition coefficient (Wildman–Crippen LogP) is 3.74. The topological polar surface area (TPSA) is 76.1 Å². The number of rotatable bonds is 2. The zero-order valence-corrected chi connectivity index (χ0v) is 19.1. The SMILES string of the molecule is COc1ccc2c3c1O[C@H]1C(=O)CC[C@H]4[C@@H](C2)N(C)CC[C@]314.Cl.O=C(O)c1ccccc1. The van der Waals surface area contributed by atoms with Crippen LogP contribution in [-0.2, 0) is 16.6 Å². The van der Waals surface area contributed by atoms with Crippen LogP contribution in [0.5, 0.6) is 11.5 Å². The van der Waals surface area contributed by atoms with Gasteiger partial charge in [-0.2, -0.15) is 0 Å². The molecule has 1 spiro atoms. The van der Waals surface area contributed by atoms with E-state index in [2.05, 4.69) is 18.0 Å². The number of halogens is 1. The molecular weight excluding hydrogens is 430 g/mol. The number of carbonyl (C=O) groups is 2. The molecule has 7 heteroatoms. The first-order valence-corrected chi connectivity index (χ1v) is 10.9. The van der Waals surface area contributed by atoms with Crippen LogP contribution in [0.1, 0.15) is 40.7 Å². The summed E-state index contributed by atoms with van der Waals surface area (Å²) in [5.74, 6) is 1.58. The molecule has 2 aliphatic heterocycles. The number of ketones is 1. The number of aromatic carboxylic acids is 1. The molecule has 0 amide bonds. The van der Waals surface area contributed by atoms with Crippen LogP contribution in [0.15, 0.2) is 42.5 Å². The lowest BCUT2D eigenvalue weighted by Gasteiger charge is -2.57. The lowest BCUT2D eigenvalue weighted by molar-refractivity contribution is -0.138. The number of likely N-dealkylation sites (N-methyl/N-ethyl adjacent to an activating group) is 1. The van der Waals surface area contributed by atoms with Crippen LogP contribution in [0.25, 0.3) is 0 Å². The van der Waals surface area contributed by atoms with Crippen molar-refractivity contribution < 1.29 is 24.2 Å². The average Bonchev–Trinajstić information content (AvgIpc) is 3.14.